The van der Waals surface area contributed by atoms with Crippen LogP contribution in [0.1, 0.15) is 20.7 Å². The molecule has 0 atom stereocenters. The maximum absolute atomic E-state index is 12.3. The van der Waals surface area contributed by atoms with Crippen molar-refractivity contribution in [3.8, 4) is 0 Å². The monoisotopic (exact) mass is 313 g/mol. The summed E-state index contributed by atoms with van der Waals surface area (Å²) in [4.78, 5) is 24.0. The summed E-state index contributed by atoms with van der Waals surface area (Å²) in [5, 5.41) is 6.66. The molecule has 0 saturated carbocycles. The highest BCUT2D eigenvalue weighted by Gasteiger charge is 2.14. The van der Waals surface area contributed by atoms with E-state index in [-0.39, 0.29) is 5.91 Å². The van der Waals surface area contributed by atoms with Gasteiger partial charge in [-0.25, -0.2) is 4.79 Å². The molecule has 1 amide bonds. The molecule has 0 unspecified atom stereocenters. The Morgan fingerprint density at radius 2 is 2.00 bits per heavy atom. The third-order valence-corrected chi connectivity index (χ3v) is 3.79. The average Bonchev–Trinajstić information content (AvgIpc) is 3.02. The first-order valence-electron chi connectivity index (χ1n) is 6.40. The van der Waals surface area contributed by atoms with Crippen molar-refractivity contribution in [1.82, 2.24) is 9.59 Å². The Morgan fingerprint density at radius 1 is 1.18 bits per heavy atom. The van der Waals surface area contributed by atoms with Crippen molar-refractivity contribution in [3.63, 3.8) is 0 Å². The number of benzene rings is 2. The third-order valence-electron chi connectivity index (χ3n) is 3.09. The van der Waals surface area contributed by atoms with Crippen LogP contribution in [0.2, 0.25) is 0 Å². The topological polar surface area (TPSA) is 81.2 Å². The number of hydrogen-bond acceptors (Lipinski definition) is 6. The van der Waals surface area contributed by atoms with E-state index in [9.17, 15) is 9.59 Å². The molecule has 0 spiro atoms. The van der Waals surface area contributed by atoms with Gasteiger partial charge in [-0.1, -0.05) is 16.6 Å². The molecular formula is C15H11N3O3S. The number of amides is 1. The van der Waals surface area contributed by atoms with Gasteiger partial charge in [-0.05, 0) is 41.9 Å². The molecule has 1 N–H and O–H groups in total. The molecule has 110 valence electrons. The van der Waals surface area contributed by atoms with E-state index < -0.39 is 5.97 Å². The number of nitrogens with zero attached hydrogens (tertiary/aromatic N) is 2. The van der Waals surface area contributed by atoms with Crippen LogP contribution in [0.4, 0.5) is 5.69 Å². The van der Waals surface area contributed by atoms with Crippen molar-refractivity contribution in [2.24, 2.45) is 0 Å². The fraction of sp³-hybridized carbons (Fsp3) is 0.0667. The Morgan fingerprint density at radius 3 is 2.82 bits per heavy atom. The minimum atomic E-state index is -0.505. The van der Waals surface area contributed by atoms with E-state index in [2.05, 4.69) is 14.9 Å². The number of esters is 1. The number of nitrogens with one attached hydrogen (secondary N) is 1. The first-order chi connectivity index (χ1) is 10.7. The van der Waals surface area contributed by atoms with Crippen molar-refractivity contribution >= 4 is 39.3 Å². The summed E-state index contributed by atoms with van der Waals surface area (Å²) in [6.07, 6.45) is 0. The maximum Gasteiger partial charge on any atom is 0.339 e. The van der Waals surface area contributed by atoms with Gasteiger partial charge >= 0.3 is 5.97 Å². The van der Waals surface area contributed by atoms with Gasteiger partial charge < -0.3 is 10.1 Å². The number of carbonyl (C=O) groups excluding carboxylic acids is 2. The molecule has 0 fully saturated rings. The molecule has 2 aromatic carbocycles. The number of ether oxygens (including phenoxy) is 1. The maximum atomic E-state index is 12.3. The summed E-state index contributed by atoms with van der Waals surface area (Å²) in [7, 11) is 1.30. The van der Waals surface area contributed by atoms with Gasteiger partial charge in [-0.3, -0.25) is 4.79 Å². The van der Waals surface area contributed by atoms with Crippen molar-refractivity contribution in [2.75, 3.05) is 12.4 Å². The predicted octanol–water partition coefficient (Wildman–Crippen LogP) is 2.73. The van der Waals surface area contributed by atoms with E-state index in [1.54, 1.807) is 42.5 Å². The second-order valence-corrected chi connectivity index (χ2v) is 5.23. The third kappa shape index (κ3) is 2.66. The Bertz CT molecular complexity index is 860. The zero-order chi connectivity index (χ0) is 15.5. The second-order valence-electron chi connectivity index (χ2n) is 4.45. The van der Waals surface area contributed by atoms with Crippen LogP contribution < -0.4 is 5.32 Å². The SMILES string of the molecule is COC(=O)c1ccccc1NC(=O)c1ccc2snnc2c1. The number of carbonyl (C=O) groups is 2. The van der Waals surface area contributed by atoms with Gasteiger partial charge in [0.1, 0.15) is 5.52 Å². The van der Waals surface area contributed by atoms with E-state index >= 15 is 0 Å². The molecular weight excluding hydrogens is 302 g/mol. The first-order valence-corrected chi connectivity index (χ1v) is 7.17. The van der Waals surface area contributed by atoms with Crippen LogP contribution in [0.15, 0.2) is 42.5 Å². The minimum absolute atomic E-state index is 0.301. The predicted molar refractivity (Wildman–Crippen MR) is 83.1 cm³/mol. The van der Waals surface area contributed by atoms with Gasteiger partial charge in [-0.15, -0.1) is 5.10 Å². The number of fused-ring (bicyclic) bond motifs is 1. The number of anilines is 1. The lowest BCUT2D eigenvalue weighted by Gasteiger charge is -2.09. The summed E-state index contributed by atoms with van der Waals surface area (Å²) in [6.45, 7) is 0. The summed E-state index contributed by atoms with van der Waals surface area (Å²) < 4.78 is 9.45. The van der Waals surface area contributed by atoms with Gasteiger partial charge in [0.2, 0.25) is 0 Å². The Balaban J connectivity index is 1.89. The molecule has 0 bridgehead atoms. The fourth-order valence-corrected chi connectivity index (χ4v) is 2.54. The van der Waals surface area contributed by atoms with Crippen LogP contribution in [0.3, 0.4) is 0 Å². The molecule has 0 aliphatic rings. The molecule has 1 heterocycles. The van der Waals surface area contributed by atoms with E-state index in [1.807, 2.05) is 0 Å². The number of aromatic nitrogens is 2. The summed E-state index contributed by atoms with van der Waals surface area (Å²) in [6, 6.07) is 11.8. The Kier molecular flexibility index (Phi) is 3.80. The zero-order valence-corrected chi connectivity index (χ0v) is 12.4. The normalized spacial score (nSPS) is 10.4. The molecule has 22 heavy (non-hydrogen) atoms. The second kappa shape index (κ2) is 5.90. The quantitative estimate of drug-likeness (QED) is 0.752. The zero-order valence-electron chi connectivity index (χ0n) is 11.6. The average molecular weight is 313 g/mol. The Hall–Kier alpha value is -2.80. The molecule has 0 aliphatic carbocycles. The van der Waals surface area contributed by atoms with Gasteiger partial charge in [0.15, 0.2) is 0 Å². The van der Waals surface area contributed by atoms with Crippen LogP contribution in [0.5, 0.6) is 0 Å². The van der Waals surface area contributed by atoms with E-state index in [0.717, 1.165) is 4.70 Å². The number of methoxy groups -OCH3 is 1. The van der Waals surface area contributed by atoms with Gasteiger partial charge in [0.05, 0.1) is 23.1 Å². The summed E-state index contributed by atoms with van der Waals surface area (Å²) in [5.41, 5.74) is 1.81. The van der Waals surface area contributed by atoms with Crippen LogP contribution >= 0.6 is 11.5 Å². The molecule has 1 aromatic heterocycles. The van der Waals surface area contributed by atoms with Crippen molar-refractivity contribution in [1.29, 1.82) is 0 Å². The van der Waals surface area contributed by atoms with Gasteiger partial charge in [0.25, 0.3) is 5.91 Å². The van der Waals surface area contributed by atoms with Crippen LogP contribution in [-0.2, 0) is 4.74 Å². The molecule has 7 heteroatoms. The minimum Gasteiger partial charge on any atom is -0.465 e. The number of hydrogen-bond donors (Lipinski definition) is 1. The highest BCUT2D eigenvalue weighted by molar-refractivity contribution is 7.12. The molecule has 6 nitrogen and oxygen atoms in total. The lowest BCUT2D eigenvalue weighted by Crippen LogP contribution is -2.15. The fourth-order valence-electron chi connectivity index (χ4n) is 2.00. The van der Waals surface area contributed by atoms with Crippen molar-refractivity contribution in [3.05, 3.63) is 53.6 Å². The lowest BCUT2D eigenvalue weighted by molar-refractivity contribution is 0.0602. The summed E-state index contributed by atoms with van der Waals surface area (Å²) >= 11 is 1.27. The Labute approximate surface area is 129 Å². The van der Waals surface area contributed by atoms with E-state index in [1.165, 1.54) is 18.6 Å². The van der Waals surface area contributed by atoms with E-state index in [0.29, 0.717) is 22.3 Å². The molecule has 3 aromatic rings. The highest BCUT2D eigenvalue weighted by atomic mass is 32.1. The van der Waals surface area contributed by atoms with Crippen LogP contribution in [0, 0.1) is 0 Å². The van der Waals surface area contributed by atoms with Crippen molar-refractivity contribution < 1.29 is 14.3 Å². The van der Waals surface area contributed by atoms with E-state index in [4.69, 9.17) is 4.74 Å². The molecule has 0 saturated heterocycles. The van der Waals surface area contributed by atoms with Gasteiger partial charge in [0, 0.05) is 5.56 Å². The van der Waals surface area contributed by atoms with Crippen LogP contribution in [-0.4, -0.2) is 28.6 Å². The first kappa shape index (κ1) is 14.2. The standard InChI is InChI=1S/C15H11N3O3S/c1-21-15(20)10-4-2-3-5-11(10)16-14(19)9-6-7-13-12(8-9)17-18-22-13/h2-8H,1H3,(H,16,19). The number of rotatable bonds is 3. The lowest BCUT2D eigenvalue weighted by atomic mass is 10.1. The summed E-state index contributed by atoms with van der Waals surface area (Å²) in [5.74, 6) is -0.832. The smallest absolute Gasteiger partial charge is 0.339 e. The molecule has 0 radical (unpaired) electrons. The number of para-hydroxylation sites is 1. The van der Waals surface area contributed by atoms with Crippen molar-refractivity contribution in [2.45, 2.75) is 0 Å². The highest BCUT2D eigenvalue weighted by Crippen LogP contribution is 2.20. The van der Waals surface area contributed by atoms with Gasteiger partial charge in [-0.2, -0.15) is 0 Å². The molecule has 0 aliphatic heterocycles. The largest absolute Gasteiger partial charge is 0.465 e. The van der Waals surface area contributed by atoms with Crippen LogP contribution in [0.25, 0.3) is 10.2 Å². The molecule has 3 rings (SSSR count).